The molecule has 0 aromatic carbocycles. The van der Waals surface area contributed by atoms with Gasteiger partial charge in [-0.3, -0.25) is 14.8 Å². The maximum Gasteiger partial charge on any atom is 0.271 e. The van der Waals surface area contributed by atoms with Crippen LogP contribution in [0.2, 0.25) is 5.28 Å². The minimum atomic E-state index is -0.0251. The van der Waals surface area contributed by atoms with Crippen LogP contribution in [0.25, 0.3) is 11.3 Å². The van der Waals surface area contributed by atoms with Gasteiger partial charge >= 0.3 is 0 Å². The lowest BCUT2D eigenvalue weighted by molar-refractivity contribution is 0.0592. The van der Waals surface area contributed by atoms with E-state index in [1.807, 2.05) is 42.5 Å². The van der Waals surface area contributed by atoms with Crippen molar-refractivity contribution < 1.29 is 4.79 Å². The molecule has 27 heavy (non-hydrogen) atoms. The molecule has 1 amide bonds. The lowest BCUT2D eigenvalue weighted by Crippen LogP contribution is -2.45. The number of halogens is 1. The van der Waals surface area contributed by atoms with Crippen LogP contribution in [0.5, 0.6) is 0 Å². The first-order valence-electron chi connectivity index (χ1n) is 8.71. The molecule has 0 saturated heterocycles. The Labute approximate surface area is 162 Å². The molecule has 3 aromatic heterocycles. The molecule has 138 valence electrons. The average molecular weight is 383 g/mol. The second-order valence-electron chi connectivity index (χ2n) is 6.81. The number of hydrogen-bond donors (Lipinski definition) is 0. The SMILES string of the molecule is Cc1cnc(Cl)nc1-c1cc2n(c1)CC(C)N(Cc1nccnc1C)C2=O. The van der Waals surface area contributed by atoms with Crippen molar-refractivity contribution in [3.63, 3.8) is 0 Å². The summed E-state index contributed by atoms with van der Waals surface area (Å²) >= 11 is 5.96. The van der Waals surface area contributed by atoms with Crippen LogP contribution >= 0.6 is 11.6 Å². The van der Waals surface area contributed by atoms with Gasteiger partial charge in [-0.2, -0.15) is 0 Å². The van der Waals surface area contributed by atoms with Crippen molar-refractivity contribution in [3.8, 4) is 11.3 Å². The number of rotatable bonds is 3. The summed E-state index contributed by atoms with van der Waals surface area (Å²) in [4.78, 5) is 32.0. The number of carbonyl (C=O) groups is 1. The van der Waals surface area contributed by atoms with Gasteiger partial charge in [-0.05, 0) is 44.0 Å². The number of hydrogen-bond acceptors (Lipinski definition) is 5. The zero-order valence-electron chi connectivity index (χ0n) is 15.3. The second-order valence-corrected chi connectivity index (χ2v) is 7.15. The zero-order valence-corrected chi connectivity index (χ0v) is 16.1. The number of aryl methyl sites for hydroxylation is 2. The van der Waals surface area contributed by atoms with Crippen molar-refractivity contribution in [2.45, 2.75) is 39.9 Å². The molecule has 3 aromatic rings. The Morgan fingerprint density at radius 3 is 2.78 bits per heavy atom. The summed E-state index contributed by atoms with van der Waals surface area (Å²) in [5.74, 6) is -0.0251. The van der Waals surface area contributed by atoms with E-state index in [1.54, 1.807) is 18.6 Å². The summed E-state index contributed by atoms with van der Waals surface area (Å²) in [6.07, 6.45) is 6.96. The Hall–Kier alpha value is -2.80. The van der Waals surface area contributed by atoms with Crippen molar-refractivity contribution in [2.75, 3.05) is 0 Å². The molecule has 1 aliphatic rings. The van der Waals surface area contributed by atoms with Gasteiger partial charge < -0.3 is 9.47 Å². The van der Waals surface area contributed by atoms with E-state index in [2.05, 4.69) is 19.9 Å². The molecule has 0 saturated carbocycles. The average Bonchev–Trinajstić information content (AvgIpc) is 3.06. The molecule has 0 bridgehead atoms. The van der Waals surface area contributed by atoms with Gasteiger partial charge in [0.1, 0.15) is 5.69 Å². The van der Waals surface area contributed by atoms with Crippen LogP contribution in [0.15, 0.2) is 30.9 Å². The Kier molecular flexibility index (Phi) is 4.39. The lowest BCUT2D eigenvalue weighted by atomic mass is 10.1. The van der Waals surface area contributed by atoms with Crippen molar-refractivity contribution in [1.29, 1.82) is 0 Å². The predicted molar refractivity (Wildman–Crippen MR) is 101 cm³/mol. The van der Waals surface area contributed by atoms with E-state index in [1.165, 1.54) is 0 Å². The monoisotopic (exact) mass is 382 g/mol. The van der Waals surface area contributed by atoms with Crippen LogP contribution in [0.1, 0.15) is 34.4 Å². The molecular formula is C19H19ClN6O. The Balaban J connectivity index is 1.69. The standard InChI is InChI=1S/C19H19ClN6O/c1-11-7-23-19(20)24-17(11)14-6-16-18(27)26(12(2)8-25(16)9-14)10-15-13(3)21-4-5-22-15/h4-7,9,12H,8,10H2,1-3H3. The molecule has 1 aliphatic heterocycles. The molecule has 8 heteroatoms. The van der Waals surface area contributed by atoms with Gasteiger partial charge in [0.25, 0.3) is 5.91 Å². The van der Waals surface area contributed by atoms with E-state index in [-0.39, 0.29) is 17.2 Å². The topological polar surface area (TPSA) is 76.8 Å². The van der Waals surface area contributed by atoms with E-state index in [4.69, 9.17) is 11.6 Å². The van der Waals surface area contributed by atoms with E-state index < -0.39 is 0 Å². The van der Waals surface area contributed by atoms with Crippen LogP contribution in [0, 0.1) is 13.8 Å². The molecule has 4 rings (SSSR count). The molecule has 0 fully saturated rings. The van der Waals surface area contributed by atoms with Crippen molar-refractivity contribution in [1.82, 2.24) is 29.4 Å². The highest BCUT2D eigenvalue weighted by Crippen LogP contribution is 2.28. The number of aromatic nitrogens is 5. The maximum absolute atomic E-state index is 13.1. The summed E-state index contributed by atoms with van der Waals surface area (Å²) in [5.41, 5.74) is 4.81. The van der Waals surface area contributed by atoms with Crippen molar-refractivity contribution >= 4 is 17.5 Å². The summed E-state index contributed by atoms with van der Waals surface area (Å²) in [6, 6.07) is 1.91. The van der Waals surface area contributed by atoms with E-state index in [0.29, 0.717) is 18.8 Å². The summed E-state index contributed by atoms with van der Waals surface area (Å²) < 4.78 is 1.98. The molecule has 0 aliphatic carbocycles. The van der Waals surface area contributed by atoms with Gasteiger partial charge in [0.15, 0.2) is 0 Å². The number of fused-ring (bicyclic) bond motifs is 1. The second kappa shape index (κ2) is 6.74. The largest absolute Gasteiger partial charge is 0.341 e. The first-order valence-corrected chi connectivity index (χ1v) is 9.09. The third-order valence-corrected chi connectivity index (χ3v) is 5.07. The lowest BCUT2D eigenvalue weighted by Gasteiger charge is -2.34. The quantitative estimate of drug-likeness (QED) is 0.650. The van der Waals surface area contributed by atoms with Gasteiger partial charge in [0.2, 0.25) is 5.28 Å². The van der Waals surface area contributed by atoms with Crippen molar-refractivity contribution in [3.05, 3.63) is 58.8 Å². The third-order valence-electron chi connectivity index (χ3n) is 4.89. The van der Waals surface area contributed by atoms with Crippen LogP contribution < -0.4 is 0 Å². The Morgan fingerprint density at radius 2 is 2.00 bits per heavy atom. The van der Waals surface area contributed by atoms with Gasteiger partial charge in [0, 0.05) is 42.9 Å². The van der Waals surface area contributed by atoms with Gasteiger partial charge in [-0.1, -0.05) is 0 Å². The van der Waals surface area contributed by atoms with E-state index in [0.717, 1.165) is 28.2 Å². The minimum absolute atomic E-state index is 0.0251. The zero-order chi connectivity index (χ0) is 19.1. The Bertz CT molecular complexity index is 1030. The highest BCUT2D eigenvalue weighted by atomic mass is 35.5. The number of amides is 1. The van der Waals surface area contributed by atoms with Crippen LogP contribution in [0.4, 0.5) is 0 Å². The fourth-order valence-corrected chi connectivity index (χ4v) is 3.53. The van der Waals surface area contributed by atoms with E-state index in [9.17, 15) is 4.79 Å². The van der Waals surface area contributed by atoms with Gasteiger partial charge in [-0.25, -0.2) is 9.97 Å². The first kappa shape index (κ1) is 17.6. The first-order chi connectivity index (χ1) is 12.9. The fourth-order valence-electron chi connectivity index (χ4n) is 3.39. The molecule has 0 spiro atoms. The van der Waals surface area contributed by atoms with Gasteiger partial charge in [0.05, 0.1) is 23.6 Å². The summed E-state index contributed by atoms with van der Waals surface area (Å²) in [7, 11) is 0. The Morgan fingerprint density at radius 1 is 1.22 bits per heavy atom. The highest BCUT2D eigenvalue weighted by molar-refractivity contribution is 6.28. The van der Waals surface area contributed by atoms with E-state index >= 15 is 0 Å². The predicted octanol–water partition coefficient (Wildman–Crippen LogP) is 3.05. The van der Waals surface area contributed by atoms with Crippen LogP contribution in [-0.2, 0) is 13.1 Å². The number of nitrogens with zero attached hydrogens (tertiary/aromatic N) is 6. The fraction of sp³-hybridized carbons (Fsp3) is 0.316. The molecule has 4 heterocycles. The number of carbonyl (C=O) groups excluding carboxylic acids is 1. The minimum Gasteiger partial charge on any atom is -0.341 e. The molecule has 0 radical (unpaired) electrons. The smallest absolute Gasteiger partial charge is 0.271 e. The molecule has 1 unspecified atom stereocenters. The van der Waals surface area contributed by atoms with Crippen LogP contribution in [-0.4, -0.2) is 41.4 Å². The molecule has 1 atom stereocenters. The summed E-state index contributed by atoms with van der Waals surface area (Å²) in [5, 5.41) is 0.194. The molecule has 7 nitrogen and oxygen atoms in total. The normalized spacial score (nSPS) is 16.5. The molecular weight excluding hydrogens is 364 g/mol. The highest BCUT2D eigenvalue weighted by Gasteiger charge is 2.31. The summed E-state index contributed by atoms with van der Waals surface area (Å²) in [6.45, 7) is 7.02. The maximum atomic E-state index is 13.1. The third kappa shape index (κ3) is 3.19. The van der Waals surface area contributed by atoms with Crippen LogP contribution in [0.3, 0.4) is 0 Å². The van der Waals surface area contributed by atoms with Crippen molar-refractivity contribution in [2.24, 2.45) is 0 Å². The molecule has 0 N–H and O–H groups in total. The van der Waals surface area contributed by atoms with Gasteiger partial charge in [-0.15, -0.1) is 0 Å².